The molecule has 2 aromatic rings. The highest BCUT2D eigenvalue weighted by Gasteiger charge is 2.35. The van der Waals surface area contributed by atoms with Crippen LogP contribution in [0.4, 0.5) is 0 Å². The van der Waals surface area contributed by atoms with Gasteiger partial charge in [0, 0.05) is 22.2 Å². The maximum Gasteiger partial charge on any atom is 0.254 e. The number of carbonyl (C=O) groups is 2. The third-order valence-electron chi connectivity index (χ3n) is 4.47. The van der Waals surface area contributed by atoms with Crippen molar-refractivity contribution in [3.8, 4) is 0 Å². The minimum absolute atomic E-state index is 0.189. The molecule has 1 aliphatic rings. The lowest BCUT2D eigenvalue weighted by Gasteiger charge is -2.25. The maximum atomic E-state index is 12.8. The number of likely N-dealkylation sites (tertiary alicyclic amines) is 1. The van der Waals surface area contributed by atoms with Crippen LogP contribution >= 0.6 is 23.2 Å². The lowest BCUT2D eigenvalue weighted by atomic mass is 10.1. The zero-order valence-corrected chi connectivity index (χ0v) is 16.1. The Balaban J connectivity index is 1.72. The van der Waals surface area contributed by atoms with Crippen LogP contribution in [-0.2, 0) is 4.79 Å². The number of halogens is 2. The molecule has 1 N–H and O–H groups in total. The first-order valence-electron chi connectivity index (χ1n) is 8.49. The van der Waals surface area contributed by atoms with Crippen LogP contribution in [-0.4, -0.2) is 29.3 Å². The molecule has 1 aliphatic heterocycles. The predicted molar refractivity (Wildman–Crippen MR) is 101 cm³/mol. The maximum absolute atomic E-state index is 12.8. The Labute approximate surface area is 162 Å². The van der Waals surface area contributed by atoms with Gasteiger partial charge in [-0.3, -0.25) is 9.59 Å². The van der Waals surface area contributed by atoms with E-state index >= 15 is 0 Å². The molecule has 2 unspecified atom stereocenters. The van der Waals surface area contributed by atoms with E-state index in [0.717, 1.165) is 12.2 Å². The first kappa shape index (κ1) is 18.8. The van der Waals surface area contributed by atoms with Crippen LogP contribution in [0.5, 0.6) is 0 Å². The zero-order valence-electron chi connectivity index (χ0n) is 14.6. The van der Waals surface area contributed by atoms with Gasteiger partial charge in [-0.25, -0.2) is 0 Å². The van der Waals surface area contributed by atoms with Gasteiger partial charge in [0.25, 0.3) is 5.91 Å². The van der Waals surface area contributed by atoms with Crippen LogP contribution in [0.15, 0.2) is 34.7 Å². The van der Waals surface area contributed by atoms with Crippen molar-refractivity contribution in [3.63, 3.8) is 0 Å². The molecule has 26 heavy (non-hydrogen) atoms. The molecular weight excluding hydrogens is 375 g/mol. The standard InChI is InChI=1S/C19H20Cl2N2O3/c1-11-5-6-17(26-11)12(2)22-18(24)16-4-3-7-23(16)19(25)13-8-14(20)10-15(21)9-13/h5-6,8-10,12,16H,3-4,7H2,1-2H3,(H,22,24). The Morgan fingerprint density at radius 3 is 2.54 bits per heavy atom. The highest BCUT2D eigenvalue weighted by Crippen LogP contribution is 2.25. The number of nitrogens with one attached hydrogen (secondary N) is 1. The molecule has 5 nitrogen and oxygen atoms in total. The molecule has 1 aromatic carbocycles. The number of aryl methyl sites for hydroxylation is 1. The van der Waals surface area contributed by atoms with E-state index < -0.39 is 6.04 Å². The van der Waals surface area contributed by atoms with Crippen LogP contribution in [0.2, 0.25) is 10.0 Å². The molecule has 138 valence electrons. The van der Waals surface area contributed by atoms with E-state index in [1.165, 1.54) is 0 Å². The molecule has 1 saturated heterocycles. The molecular formula is C19H20Cl2N2O3. The van der Waals surface area contributed by atoms with E-state index in [1.54, 1.807) is 23.1 Å². The Kier molecular flexibility index (Phi) is 5.58. The van der Waals surface area contributed by atoms with Crippen molar-refractivity contribution in [2.75, 3.05) is 6.54 Å². The molecule has 2 amide bonds. The number of benzene rings is 1. The second-order valence-corrected chi connectivity index (χ2v) is 7.37. The fourth-order valence-corrected chi connectivity index (χ4v) is 3.72. The van der Waals surface area contributed by atoms with Gasteiger partial charge in [0.05, 0.1) is 6.04 Å². The molecule has 0 bridgehead atoms. The van der Waals surface area contributed by atoms with Gasteiger partial charge >= 0.3 is 0 Å². The van der Waals surface area contributed by atoms with Crippen molar-refractivity contribution < 1.29 is 14.0 Å². The summed E-state index contributed by atoms with van der Waals surface area (Å²) in [4.78, 5) is 27.1. The van der Waals surface area contributed by atoms with Crippen molar-refractivity contribution in [2.45, 2.75) is 38.8 Å². The predicted octanol–water partition coefficient (Wildman–Crippen LogP) is 4.38. The number of carbonyl (C=O) groups excluding carboxylic acids is 2. The third-order valence-corrected chi connectivity index (χ3v) is 4.91. The summed E-state index contributed by atoms with van der Waals surface area (Å²) in [5.74, 6) is 1.05. The highest BCUT2D eigenvalue weighted by atomic mass is 35.5. The van der Waals surface area contributed by atoms with Crippen LogP contribution in [0.1, 0.15) is 47.7 Å². The molecule has 0 aliphatic carbocycles. The molecule has 7 heteroatoms. The quantitative estimate of drug-likeness (QED) is 0.836. The van der Waals surface area contributed by atoms with Crippen molar-refractivity contribution in [3.05, 3.63) is 57.5 Å². The summed E-state index contributed by atoms with van der Waals surface area (Å²) >= 11 is 12.0. The Morgan fingerprint density at radius 1 is 1.23 bits per heavy atom. The average Bonchev–Trinajstić information content (AvgIpc) is 3.22. The van der Waals surface area contributed by atoms with Gasteiger partial charge in [-0.05, 0) is 57.0 Å². The van der Waals surface area contributed by atoms with E-state index in [1.807, 2.05) is 26.0 Å². The number of furan rings is 1. The number of nitrogens with zero attached hydrogens (tertiary/aromatic N) is 1. The number of rotatable bonds is 4. The van der Waals surface area contributed by atoms with Gasteiger partial charge in [0.1, 0.15) is 17.6 Å². The van der Waals surface area contributed by atoms with E-state index in [2.05, 4.69) is 5.32 Å². The van der Waals surface area contributed by atoms with Gasteiger partial charge in [0.2, 0.25) is 5.91 Å². The molecule has 0 saturated carbocycles. The Morgan fingerprint density at radius 2 is 1.92 bits per heavy atom. The first-order valence-corrected chi connectivity index (χ1v) is 9.24. The first-order chi connectivity index (χ1) is 12.3. The summed E-state index contributed by atoms with van der Waals surface area (Å²) in [5.41, 5.74) is 0.386. The second-order valence-electron chi connectivity index (χ2n) is 6.49. The van der Waals surface area contributed by atoms with Gasteiger partial charge in [-0.2, -0.15) is 0 Å². The average molecular weight is 395 g/mol. The summed E-state index contributed by atoms with van der Waals surface area (Å²) in [6.45, 7) is 4.23. The van der Waals surface area contributed by atoms with Crippen molar-refractivity contribution >= 4 is 35.0 Å². The second kappa shape index (κ2) is 7.72. The summed E-state index contributed by atoms with van der Waals surface area (Å²) in [6, 6.07) is 7.61. The van der Waals surface area contributed by atoms with Crippen LogP contribution in [0.3, 0.4) is 0 Å². The summed E-state index contributed by atoms with van der Waals surface area (Å²) in [6.07, 6.45) is 1.39. The Bertz CT molecular complexity index is 814. The molecule has 3 rings (SSSR count). The smallest absolute Gasteiger partial charge is 0.254 e. The SMILES string of the molecule is Cc1ccc(C(C)NC(=O)C2CCCN2C(=O)c2cc(Cl)cc(Cl)c2)o1. The zero-order chi connectivity index (χ0) is 18.8. The number of hydrogen-bond donors (Lipinski definition) is 1. The third kappa shape index (κ3) is 4.05. The minimum atomic E-state index is -0.515. The van der Waals surface area contributed by atoms with Gasteiger partial charge in [-0.1, -0.05) is 23.2 Å². The van der Waals surface area contributed by atoms with E-state index in [0.29, 0.717) is 34.3 Å². The lowest BCUT2D eigenvalue weighted by molar-refractivity contribution is -0.125. The fourth-order valence-electron chi connectivity index (χ4n) is 3.19. The normalized spacial score (nSPS) is 18.0. The fraction of sp³-hybridized carbons (Fsp3) is 0.368. The van der Waals surface area contributed by atoms with E-state index in [4.69, 9.17) is 27.6 Å². The van der Waals surface area contributed by atoms with Gasteiger partial charge < -0.3 is 14.6 Å². The van der Waals surface area contributed by atoms with E-state index in [9.17, 15) is 9.59 Å². The monoisotopic (exact) mass is 394 g/mol. The molecule has 2 heterocycles. The van der Waals surface area contributed by atoms with Crippen LogP contribution < -0.4 is 5.32 Å². The number of hydrogen-bond acceptors (Lipinski definition) is 3. The summed E-state index contributed by atoms with van der Waals surface area (Å²) in [5, 5.41) is 3.71. The molecule has 1 aromatic heterocycles. The molecule has 0 spiro atoms. The van der Waals surface area contributed by atoms with Gasteiger partial charge in [0.15, 0.2) is 0 Å². The minimum Gasteiger partial charge on any atom is -0.464 e. The summed E-state index contributed by atoms with van der Waals surface area (Å²) in [7, 11) is 0. The van der Waals surface area contributed by atoms with Crippen LogP contribution in [0.25, 0.3) is 0 Å². The topological polar surface area (TPSA) is 62.6 Å². The molecule has 1 fully saturated rings. The highest BCUT2D eigenvalue weighted by molar-refractivity contribution is 6.35. The van der Waals surface area contributed by atoms with Crippen molar-refractivity contribution in [1.82, 2.24) is 10.2 Å². The Hall–Kier alpha value is -1.98. The van der Waals surface area contributed by atoms with Crippen molar-refractivity contribution in [2.24, 2.45) is 0 Å². The largest absolute Gasteiger partial charge is 0.464 e. The van der Waals surface area contributed by atoms with E-state index in [-0.39, 0.29) is 17.9 Å². The molecule has 0 radical (unpaired) electrons. The van der Waals surface area contributed by atoms with Gasteiger partial charge in [-0.15, -0.1) is 0 Å². The lowest BCUT2D eigenvalue weighted by Crippen LogP contribution is -2.46. The molecule has 2 atom stereocenters. The van der Waals surface area contributed by atoms with Crippen LogP contribution in [0, 0.1) is 6.92 Å². The summed E-state index contributed by atoms with van der Waals surface area (Å²) < 4.78 is 5.55. The van der Waals surface area contributed by atoms with Crippen molar-refractivity contribution in [1.29, 1.82) is 0 Å². The number of amides is 2.